The number of halogens is 2. The van der Waals surface area contributed by atoms with Crippen molar-refractivity contribution in [3.8, 4) is 11.3 Å². The van der Waals surface area contributed by atoms with Gasteiger partial charge < -0.3 is 10.6 Å². The normalized spacial score (nSPS) is 14.1. The van der Waals surface area contributed by atoms with Gasteiger partial charge in [0.05, 0.1) is 23.6 Å². The minimum absolute atomic E-state index is 0.225. The minimum atomic E-state index is -3.18. The molecule has 1 amide bonds. The maximum Gasteiger partial charge on any atom is 0.303 e. The van der Waals surface area contributed by atoms with Gasteiger partial charge in [0.2, 0.25) is 11.7 Å². The highest BCUT2D eigenvalue weighted by atomic mass is 19.3. The fourth-order valence-corrected chi connectivity index (χ4v) is 3.62. The highest BCUT2D eigenvalue weighted by Gasteiger charge is 2.29. The predicted octanol–water partition coefficient (Wildman–Crippen LogP) is 3.56. The number of aromatic nitrogens is 5. The first-order chi connectivity index (χ1) is 15.6. The lowest BCUT2D eigenvalue weighted by Crippen LogP contribution is -2.30. The number of carbonyl (C=O) groups is 1. The third kappa shape index (κ3) is 5.14. The van der Waals surface area contributed by atoms with Gasteiger partial charge >= 0.3 is 5.92 Å². The summed E-state index contributed by atoms with van der Waals surface area (Å²) in [7, 11) is 2.05. The molecular formula is C22H26F2N8O. The molecule has 3 aromatic heterocycles. The third-order valence-corrected chi connectivity index (χ3v) is 5.27. The second-order valence-electron chi connectivity index (χ2n) is 8.21. The van der Waals surface area contributed by atoms with Gasteiger partial charge in [-0.1, -0.05) is 6.92 Å². The first kappa shape index (κ1) is 22.7. The van der Waals surface area contributed by atoms with E-state index in [9.17, 15) is 13.6 Å². The Morgan fingerprint density at radius 2 is 1.97 bits per heavy atom. The van der Waals surface area contributed by atoms with Gasteiger partial charge in [-0.25, -0.2) is 15.0 Å². The van der Waals surface area contributed by atoms with Gasteiger partial charge in [0.1, 0.15) is 11.6 Å². The molecule has 4 rings (SSSR count). The number of carbonyl (C=O) groups excluding carboxylic acids is 1. The number of hydrogen-bond acceptors (Lipinski definition) is 7. The van der Waals surface area contributed by atoms with E-state index in [-0.39, 0.29) is 11.7 Å². The lowest BCUT2D eigenvalue weighted by molar-refractivity contribution is -0.114. The summed E-state index contributed by atoms with van der Waals surface area (Å²) >= 11 is 0. The maximum absolute atomic E-state index is 14.0. The fourth-order valence-electron chi connectivity index (χ4n) is 3.62. The van der Waals surface area contributed by atoms with Crippen LogP contribution in [0, 0.1) is 0 Å². The van der Waals surface area contributed by atoms with E-state index in [1.165, 1.54) is 6.92 Å². The molecule has 0 fully saturated rings. The molecule has 33 heavy (non-hydrogen) atoms. The number of nitrogens with one attached hydrogen (secondary N) is 2. The Balaban J connectivity index is 1.77. The number of alkyl halides is 2. The van der Waals surface area contributed by atoms with E-state index in [1.54, 1.807) is 18.3 Å². The van der Waals surface area contributed by atoms with Crippen LogP contribution in [0.3, 0.4) is 0 Å². The summed E-state index contributed by atoms with van der Waals surface area (Å²) in [5, 5.41) is 10.5. The van der Waals surface area contributed by atoms with Crippen molar-refractivity contribution < 1.29 is 13.6 Å². The number of aryl methyl sites for hydroxylation is 1. The van der Waals surface area contributed by atoms with E-state index in [4.69, 9.17) is 5.10 Å². The molecule has 0 spiro atoms. The molecule has 9 nitrogen and oxygen atoms in total. The number of nitrogens with zero attached hydrogens (tertiary/aromatic N) is 6. The molecule has 0 saturated heterocycles. The summed E-state index contributed by atoms with van der Waals surface area (Å²) in [6, 6.07) is 5.25. The molecule has 0 unspecified atom stereocenters. The van der Waals surface area contributed by atoms with E-state index in [2.05, 4.69) is 37.5 Å². The SMILES string of the molecule is CCc1cc(Nc2cc(NC(C)=O)ncc2-c2cc3n(n2)CCN(C)C3)nc(C(C)(F)F)n1. The number of pyridine rings is 1. The van der Waals surface area contributed by atoms with E-state index in [0.29, 0.717) is 34.9 Å². The van der Waals surface area contributed by atoms with E-state index < -0.39 is 11.7 Å². The second-order valence-corrected chi connectivity index (χ2v) is 8.21. The third-order valence-electron chi connectivity index (χ3n) is 5.27. The average molecular weight is 457 g/mol. The minimum Gasteiger partial charge on any atom is -0.339 e. The van der Waals surface area contributed by atoms with Crippen LogP contribution in [0.5, 0.6) is 0 Å². The molecular weight excluding hydrogens is 430 g/mol. The number of anilines is 3. The first-order valence-electron chi connectivity index (χ1n) is 10.7. The van der Waals surface area contributed by atoms with Gasteiger partial charge in [-0.3, -0.25) is 14.4 Å². The van der Waals surface area contributed by atoms with Crippen molar-refractivity contribution in [2.45, 2.75) is 46.2 Å². The van der Waals surface area contributed by atoms with Gasteiger partial charge in [0, 0.05) is 56.5 Å². The standard InChI is InChI=1S/C22H26F2N8O/c1-5-14-8-20(29-21(27-14)22(3,23)24)28-17-10-19(26-13(2)33)25-11-16(17)18-9-15-12-31(4)6-7-32(15)30-18/h8-11H,5-7,12H2,1-4H3,(H2,25,26,27,28,29,33). The first-order valence-corrected chi connectivity index (χ1v) is 10.7. The Labute approximate surface area is 190 Å². The Kier molecular flexibility index (Phi) is 6.07. The van der Waals surface area contributed by atoms with Crippen LogP contribution >= 0.6 is 0 Å². The van der Waals surface area contributed by atoms with Crippen LogP contribution in [0.4, 0.5) is 26.1 Å². The van der Waals surface area contributed by atoms with Crippen LogP contribution in [0.25, 0.3) is 11.3 Å². The molecule has 0 aromatic carbocycles. The Morgan fingerprint density at radius 1 is 1.18 bits per heavy atom. The molecule has 0 aliphatic carbocycles. The lowest BCUT2D eigenvalue weighted by atomic mass is 10.1. The molecule has 0 bridgehead atoms. The second kappa shape index (κ2) is 8.81. The van der Waals surface area contributed by atoms with Crippen LogP contribution in [-0.4, -0.2) is 49.1 Å². The predicted molar refractivity (Wildman–Crippen MR) is 120 cm³/mol. The Morgan fingerprint density at radius 3 is 2.67 bits per heavy atom. The van der Waals surface area contributed by atoms with Crippen molar-refractivity contribution in [2.75, 3.05) is 24.2 Å². The smallest absolute Gasteiger partial charge is 0.303 e. The van der Waals surface area contributed by atoms with E-state index in [0.717, 1.165) is 32.3 Å². The summed E-state index contributed by atoms with van der Waals surface area (Å²) in [6.45, 7) is 6.43. The number of amides is 1. The van der Waals surface area contributed by atoms with Crippen LogP contribution in [0.1, 0.15) is 38.0 Å². The molecule has 1 aliphatic heterocycles. The van der Waals surface area contributed by atoms with Crippen LogP contribution in [0.15, 0.2) is 24.4 Å². The molecule has 174 valence electrons. The summed E-state index contributed by atoms with van der Waals surface area (Å²) in [5.41, 5.74) is 3.44. The molecule has 2 N–H and O–H groups in total. The summed E-state index contributed by atoms with van der Waals surface area (Å²) < 4.78 is 29.9. The largest absolute Gasteiger partial charge is 0.339 e. The van der Waals surface area contributed by atoms with Crippen LogP contribution < -0.4 is 10.6 Å². The Hall–Kier alpha value is -3.47. The van der Waals surface area contributed by atoms with Gasteiger partial charge in [-0.2, -0.15) is 13.9 Å². The van der Waals surface area contributed by atoms with E-state index in [1.807, 2.05) is 17.7 Å². The lowest BCUT2D eigenvalue weighted by Gasteiger charge is -2.22. The molecule has 0 saturated carbocycles. The van der Waals surface area contributed by atoms with Crippen molar-refractivity contribution in [3.63, 3.8) is 0 Å². The number of hydrogen-bond donors (Lipinski definition) is 2. The highest BCUT2D eigenvalue weighted by molar-refractivity contribution is 5.89. The maximum atomic E-state index is 14.0. The van der Waals surface area contributed by atoms with Crippen molar-refractivity contribution in [3.05, 3.63) is 41.6 Å². The van der Waals surface area contributed by atoms with Crippen molar-refractivity contribution in [2.24, 2.45) is 0 Å². The molecule has 1 aliphatic rings. The van der Waals surface area contributed by atoms with Crippen molar-refractivity contribution >= 4 is 23.2 Å². The molecule has 11 heteroatoms. The van der Waals surface area contributed by atoms with Crippen molar-refractivity contribution in [1.82, 2.24) is 29.6 Å². The summed E-state index contributed by atoms with van der Waals surface area (Å²) in [4.78, 5) is 26.1. The monoisotopic (exact) mass is 456 g/mol. The van der Waals surface area contributed by atoms with Crippen LogP contribution in [-0.2, 0) is 30.2 Å². The fraction of sp³-hybridized carbons (Fsp3) is 0.409. The van der Waals surface area contributed by atoms with Crippen LogP contribution in [0.2, 0.25) is 0 Å². The quantitative estimate of drug-likeness (QED) is 0.585. The zero-order valence-electron chi connectivity index (χ0n) is 19.0. The molecule has 4 heterocycles. The van der Waals surface area contributed by atoms with Gasteiger partial charge in [-0.15, -0.1) is 0 Å². The molecule has 0 atom stereocenters. The molecule has 3 aromatic rings. The molecule has 0 radical (unpaired) electrons. The van der Waals surface area contributed by atoms with Crippen molar-refractivity contribution in [1.29, 1.82) is 0 Å². The number of rotatable bonds is 6. The zero-order chi connectivity index (χ0) is 23.8. The average Bonchev–Trinajstić information content (AvgIpc) is 3.15. The Bertz CT molecular complexity index is 1190. The summed E-state index contributed by atoms with van der Waals surface area (Å²) in [5.74, 6) is -3.46. The number of fused-ring (bicyclic) bond motifs is 1. The highest BCUT2D eigenvalue weighted by Crippen LogP contribution is 2.33. The topological polar surface area (TPSA) is 101 Å². The van der Waals surface area contributed by atoms with Gasteiger partial charge in [0.25, 0.3) is 0 Å². The van der Waals surface area contributed by atoms with Gasteiger partial charge in [0.15, 0.2) is 0 Å². The number of likely N-dealkylation sites (N-methyl/N-ethyl adjacent to an activating group) is 1. The van der Waals surface area contributed by atoms with Gasteiger partial charge in [-0.05, 0) is 19.5 Å². The summed E-state index contributed by atoms with van der Waals surface area (Å²) in [6.07, 6.45) is 2.07. The zero-order valence-corrected chi connectivity index (χ0v) is 19.0. The van der Waals surface area contributed by atoms with E-state index >= 15 is 0 Å².